The summed E-state index contributed by atoms with van der Waals surface area (Å²) in [6.45, 7) is 5.78. The van der Waals surface area contributed by atoms with Crippen LogP contribution in [0.25, 0.3) is 0 Å². The highest BCUT2D eigenvalue weighted by Gasteiger charge is 2.14. The van der Waals surface area contributed by atoms with Crippen LogP contribution in [0.2, 0.25) is 0 Å². The molecule has 82 valence electrons. The molecule has 0 aromatic heterocycles. The van der Waals surface area contributed by atoms with E-state index in [9.17, 15) is 4.79 Å². The molecule has 0 spiro atoms. The molecular weight excluding hydrogens is 178 g/mol. The zero-order chi connectivity index (χ0) is 10.4. The van der Waals surface area contributed by atoms with Crippen molar-refractivity contribution in [2.45, 2.75) is 19.8 Å². The summed E-state index contributed by atoms with van der Waals surface area (Å²) in [5.74, 6) is 0.752. The van der Waals surface area contributed by atoms with Crippen LogP contribution in [0.1, 0.15) is 19.8 Å². The highest BCUT2D eigenvalue weighted by Crippen LogP contribution is 2.10. The number of carbonyl (C=O) groups excluding carboxylic acids is 1. The molecule has 0 aromatic carbocycles. The zero-order valence-electron chi connectivity index (χ0n) is 9.18. The maximum atomic E-state index is 11.3. The van der Waals surface area contributed by atoms with Crippen molar-refractivity contribution >= 4 is 6.03 Å². The monoisotopic (exact) mass is 199 g/mol. The Balaban J connectivity index is 2.05. The highest BCUT2D eigenvalue weighted by molar-refractivity contribution is 5.73. The van der Waals surface area contributed by atoms with E-state index in [1.807, 2.05) is 14.0 Å². The Morgan fingerprint density at radius 2 is 2.43 bits per heavy atom. The van der Waals surface area contributed by atoms with Crippen LogP contribution in [0.5, 0.6) is 0 Å². The van der Waals surface area contributed by atoms with Gasteiger partial charge in [0.25, 0.3) is 0 Å². The average molecular weight is 199 g/mol. The van der Waals surface area contributed by atoms with Gasteiger partial charge in [0.15, 0.2) is 0 Å². The van der Waals surface area contributed by atoms with E-state index in [0.717, 1.165) is 38.5 Å². The predicted octanol–water partition coefficient (Wildman–Crippen LogP) is 0.647. The number of hydrogen-bond acceptors (Lipinski definition) is 2. The van der Waals surface area contributed by atoms with Crippen LogP contribution in [-0.2, 0) is 0 Å². The first kappa shape index (κ1) is 11.3. The van der Waals surface area contributed by atoms with Gasteiger partial charge >= 0.3 is 6.03 Å². The summed E-state index contributed by atoms with van der Waals surface area (Å²) >= 11 is 0. The minimum absolute atomic E-state index is 0.0402. The van der Waals surface area contributed by atoms with E-state index in [2.05, 4.69) is 10.6 Å². The van der Waals surface area contributed by atoms with E-state index in [1.165, 1.54) is 6.42 Å². The normalized spacial score (nSPS) is 20.9. The third-order valence-corrected chi connectivity index (χ3v) is 2.81. The SMILES string of the molecule is CCN(C)C(=O)NCCC1CCNC1. The molecule has 4 heteroatoms. The molecule has 1 rings (SSSR count). The van der Waals surface area contributed by atoms with Crippen molar-refractivity contribution in [1.82, 2.24) is 15.5 Å². The molecule has 2 N–H and O–H groups in total. The predicted molar refractivity (Wildman–Crippen MR) is 57.3 cm³/mol. The molecular formula is C10H21N3O. The van der Waals surface area contributed by atoms with Gasteiger partial charge in [-0.3, -0.25) is 0 Å². The second-order valence-electron chi connectivity index (χ2n) is 3.89. The summed E-state index contributed by atoms with van der Waals surface area (Å²) in [5, 5.41) is 6.24. The van der Waals surface area contributed by atoms with Gasteiger partial charge in [-0.05, 0) is 38.8 Å². The van der Waals surface area contributed by atoms with Gasteiger partial charge in [0.2, 0.25) is 0 Å². The first-order valence-corrected chi connectivity index (χ1v) is 5.43. The molecule has 1 heterocycles. The first-order chi connectivity index (χ1) is 6.74. The Kier molecular flexibility index (Phi) is 4.73. The van der Waals surface area contributed by atoms with Gasteiger partial charge < -0.3 is 15.5 Å². The van der Waals surface area contributed by atoms with Crippen molar-refractivity contribution in [1.29, 1.82) is 0 Å². The summed E-state index contributed by atoms with van der Waals surface area (Å²) < 4.78 is 0. The van der Waals surface area contributed by atoms with E-state index in [0.29, 0.717) is 0 Å². The fraction of sp³-hybridized carbons (Fsp3) is 0.900. The molecule has 1 atom stereocenters. The fourth-order valence-corrected chi connectivity index (χ4v) is 1.62. The average Bonchev–Trinajstić information content (AvgIpc) is 2.69. The van der Waals surface area contributed by atoms with E-state index < -0.39 is 0 Å². The van der Waals surface area contributed by atoms with Crippen LogP contribution < -0.4 is 10.6 Å². The summed E-state index contributed by atoms with van der Waals surface area (Å²) in [4.78, 5) is 13.0. The van der Waals surface area contributed by atoms with Crippen LogP contribution in [0.4, 0.5) is 4.79 Å². The molecule has 14 heavy (non-hydrogen) atoms. The van der Waals surface area contributed by atoms with Gasteiger partial charge in [0.05, 0.1) is 0 Å². The lowest BCUT2D eigenvalue weighted by Gasteiger charge is -2.16. The van der Waals surface area contributed by atoms with Crippen molar-refractivity contribution in [3.05, 3.63) is 0 Å². The number of hydrogen-bond donors (Lipinski definition) is 2. The van der Waals surface area contributed by atoms with Crippen molar-refractivity contribution in [2.24, 2.45) is 5.92 Å². The molecule has 0 aromatic rings. The molecule has 0 radical (unpaired) electrons. The molecule has 0 aliphatic carbocycles. The van der Waals surface area contributed by atoms with Crippen molar-refractivity contribution < 1.29 is 4.79 Å². The van der Waals surface area contributed by atoms with Gasteiger partial charge in [0.1, 0.15) is 0 Å². The second-order valence-corrected chi connectivity index (χ2v) is 3.89. The van der Waals surface area contributed by atoms with Crippen LogP contribution in [-0.4, -0.2) is 44.2 Å². The number of nitrogens with zero attached hydrogens (tertiary/aromatic N) is 1. The van der Waals surface area contributed by atoms with Crippen LogP contribution in [0.15, 0.2) is 0 Å². The maximum Gasteiger partial charge on any atom is 0.317 e. The van der Waals surface area contributed by atoms with E-state index in [1.54, 1.807) is 4.90 Å². The van der Waals surface area contributed by atoms with Crippen molar-refractivity contribution in [2.75, 3.05) is 33.2 Å². The highest BCUT2D eigenvalue weighted by atomic mass is 16.2. The Morgan fingerprint density at radius 3 is 3.00 bits per heavy atom. The first-order valence-electron chi connectivity index (χ1n) is 5.43. The summed E-state index contributed by atoms with van der Waals surface area (Å²) in [7, 11) is 1.81. The van der Waals surface area contributed by atoms with E-state index >= 15 is 0 Å². The Hall–Kier alpha value is -0.770. The fourth-order valence-electron chi connectivity index (χ4n) is 1.62. The van der Waals surface area contributed by atoms with Gasteiger partial charge in [-0.1, -0.05) is 0 Å². The van der Waals surface area contributed by atoms with Crippen molar-refractivity contribution in [3.8, 4) is 0 Å². The largest absolute Gasteiger partial charge is 0.338 e. The van der Waals surface area contributed by atoms with Gasteiger partial charge in [-0.15, -0.1) is 0 Å². The molecule has 0 bridgehead atoms. The topological polar surface area (TPSA) is 44.4 Å². The molecule has 4 nitrogen and oxygen atoms in total. The maximum absolute atomic E-state index is 11.3. The minimum Gasteiger partial charge on any atom is -0.338 e. The lowest BCUT2D eigenvalue weighted by Crippen LogP contribution is -2.38. The molecule has 2 amide bonds. The van der Waals surface area contributed by atoms with Crippen LogP contribution in [0.3, 0.4) is 0 Å². The summed E-state index contributed by atoms with van der Waals surface area (Å²) in [6, 6.07) is 0.0402. The number of amides is 2. The summed E-state index contributed by atoms with van der Waals surface area (Å²) in [5.41, 5.74) is 0. The summed E-state index contributed by atoms with van der Waals surface area (Å²) in [6.07, 6.45) is 2.34. The third kappa shape index (κ3) is 3.54. The second kappa shape index (κ2) is 5.86. The molecule has 1 aliphatic heterocycles. The lowest BCUT2D eigenvalue weighted by molar-refractivity contribution is 0.210. The Morgan fingerprint density at radius 1 is 1.64 bits per heavy atom. The van der Waals surface area contributed by atoms with Gasteiger partial charge in [0, 0.05) is 20.1 Å². The quantitative estimate of drug-likeness (QED) is 0.698. The molecule has 1 unspecified atom stereocenters. The standard InChI is InChI=1S/C10H21N3O/c1-3-13(2)10(14)12-7-5-9-4-6-11-8-9/h9,11H,3-8H2,1-2H3,(H,12,14). The van der Waals surface area contributed by atoms with Crippen LogP contribution >= 0.6 is 0 Å². The smallest absolute Gasteiger partial charge is 0.317 e. The minimum atomic E-state index is 0.0402. The molecule has 1 saturated heterocycles. The number of nitrogens with one attached hydrogen (secondary N) is 2. The molecule has 0 saturated carbocycles. The zero-order valence-corrected chi connectivity index (χ0v) is 9.18. The van der Waals surface area contributed by atoms with Gasteiger partial charge in [-0.2, -0.15) is 0 Å². The number of urea groups is 1. The number of rotatable bonds is 4. The molecule has 1 aliphatic rings. The van der Waals surface area contributed by atoms with E-state index in [-0.39, 0.29) is 6.03 Å². The van der Waals surface area contributed by atoms with E-state index in [4.69, 9.17) is 0 Å². The lowest BCUT2D eigenvalue weighted by atomic mass is 10.1. The Labute approximate surface area is 86.0 Å². The van der Waals surface area contributed by atoms with Crippen molar-refractivity contribution in [3.63, 3.8) is 0 Å². The Bertz CT molecular complexity index is 178. The van der Waals surface area contributed by atoms with Gasteiger partial charge in [-0.25, -0.2) is 4.79 Å². The molecule has 1 fully saturated rings. The third-order valence-electron chi connectivity index (χ3n) is 2.81. The van der Waals surface area contributed by atoms with Crippen LogP contribution in [0, 0.1) is 5.92 Å². The number of carbonyl (C=O) groups is 1.